The Balaban J connectivity index is 1.37. The number of fused-ring (bicyclic) bond motifs is 2. The SMILES string of the molecule is NC(=O)c1cccc(CCNC2C3CCOC3C23CCCC3)c1. The van der Waals surface area contributed by atoms with Crippen molar-refractivity contribution in [3.05, 3.63) is 35.4 Å². The van der Waals surface area contributed by atoms with Gasteiger partial charge in [0.1, 0.15) is 0 Å². The Labute approximate surface area is 137 Å². The number of nitrogens with two attached hydrogens (primary N) is 1. The lowest BCUT2D eigenvalue weighted by molar-refractivity contribution is -0.130. The van der Waals surface area contributed by atoms with Crippen molar-refractivity contribution in [2.75, 3.05) is 13.2 Å². The Morgan fingerprint density at radius 1 is 1.35 bits per heavy atom. The van der Waals surface area contributed by atoms with Crippen LogP contribution in [0, 0.1) is 11.3 Å². The Bertz CT molecular complexity index is 595. The fourth-order valence-corrected chi connectivity index (χ4v) is 5.26. The summed E-state index contributed by atoms with van der Waals surface area (Å²) in [5.74, 6) is 0.361. The largest absolute Gasteiger partial charge is 0.377 e. The number of benzene rings is 1. The lowest BCUT2D eigenvalue weighted by Crippen LogP contribution is -2.67. The first kappa shape index (κ1) is 15.2. The van der Waals surface area contributed by atoms with E-state index in [0.29, 0.717) is 29.0 Å². The van der Waals surface area contributed by atoms with Crippen LogP contribution < -0.4 is 11.1 Å². The van der Waals surface area contributed by atoms with E-state index < -0.39 is 0 Å². The number of carbonyl (C=O) groups is 1. The van der Waals surface area contributed by atoms with Gasteiger partial charge in [0.05, 0.1) is 6.10 Å². The highest BCUT2D eigenvalue weighted by molar-refractivity contribution is 5.92. The molecule has 4 rings (SSSR count). The summed E-state index contributed by atoms with van der Waals surface area (Å²) in [4.78, 5) is 11.3. The molecular weight excluding hydrogens is 288 g/mol. The fourth-order valence-electron chi connectivity index (χ4n) is 5.26. The molecule has 23 heavy (non-hydrogen) atoms. The first-order valence-electron chi connectivity index (χ1n) is 8.94. The van der Waals surface area contributed by atoms with Crippen molar-refractivity contribution in [1.29, 1.82) is 0 Å². The second kappa shape index (κ2) is 5.91. The summed E-state index contributed by atoms with van der Waals surface area (Å²) in [5, 5.41) is 3.82. The minimum absolute atomic E-state index is 0.352. The van der Waals surface area contributed by atoms with Gasteiger partial charge in [0.15, 0.2) is 0 Å². The quantitative estimate of drug-likeness (QED) is 0.876. The molecule has 1 heterocycles. The average molecular weight is 314 g/mol. The van der Waals surface area contributed by atoms with Gasteiger partial charge < -0.3 is 15.8 Å². The molecule has 1 amide bonds. The van der Waals surface area contributed by atoms with E-state index in [2.05, 4.69) is 11.4 Å². The van der Waals surface area contributed by atoms with E-state index in [9.17, 15) is 4.79 Å². The zero-order valence-electron chi connectivity index (χ0n) is 13.6. The molecule has 3 atom stereocenters. The molecule has 3 unspecified atom stereocenters. The molecule has 2 aliphatic carbocycles. The van der Waals surface area contributed by atoms with E-state index in [1.165, 1.54) is 37.7 Å². The number of amides is 1. The van der Waals surface area contributed by atoms with E-state index in [1.54, 1.807) is 6.07 Å². The van der Waals surface area contributed by atoms with Crippen LogP contribution >= 0.6 is 0 Å². The lowest BCUT2D eigenvalue weighted by atomic mass is 9.54. The smallest absolute Gasteiger partial charge is 0.248 e. The number of hydrogen-bond donors (Lipinski definition) is 2. The number of ether oxygens (including phenoxy) is 1. The van der Waals surface area contributed by atoms with E-state index in [0.717, 1.165) is 19.6 Å². The van der Waals surface area contributed by atoms with Crippen LogP contribution in [-0.4, -0.2) is 31.2 Å². The monoisotopic (exact) mass is 314 g/mol. The molecule has 0 radical (unpaired) electrons. The van der Waals surface area contributed by atoms with E-state index in [4.69, 9.17) is 10.5 Å². The summed E-state index contributed by atoms with van der Waals surface area (Å²) in [5.41, 5.74) is 7.55. The molecule has 1 aliphatic heterocycles. The Hall–Kier alpha value is -1.39. The highest BCUT2D eigenvalue weighted by Crippen LogP contribution is 2.60. The standard InChI is InChI=1S/C19H26N2O2/c20-18(22)14-5-3-4-13(12-14)6-10-21-16-15-7-11-23-17(15)19(16)8-1-2-9-19/h3-5,12,15-17,21H,1-2,6-11H2,(H2,20,22). The molecule has 124 valence electrons. The van der Waals surface area contributed by atoms with Crippen molar-refractivity contribution in [1.82, 2.24) is 5.32 Å². The van der Waals surface area contributed by atoms with Gasteiger partial charge in [0, 0.05) is 29.5 Å². The third-order valence-electron chi connectivity index (χ3n) is 6.28. The average Bonchev–Trinajstić information content (AvgIpc) is 3.20. The third-order valence-corrected chi connectivity index (χ3v) is 6.28. The molecule has 2 saturated carbocycles. The first-order chi connectivity index (χ1) is 11.2. The van der Waals surface area contributed by atoms with Gasteiger partial charge in [0.25, 0.3) is 0 Å². The topological polar surface area (TPSA) is 64.4 Å². The van der Waals surface area contributed by atoms with Gasteiger partial charge in [0.2, 0.25) is 5.91 Å². The van der Waals surface area contributed by atoms with Gasteiger partial charge in [-0.15, -0.1) is 0 Å². The zero-order chi connectivity index (χ0) is 15.9. The molecule has 3 aliphatic rings. The Kier molecular flexibility index (Phi) is 3.90. The number of carbonyl (C=O) groups excluding carboxylic acids is 1. The summed E-state index contributed by atoms with van der Waals surface area (Å²) in [7, 11) is 0. The molecule has 1 aromatic carbocycles. The van der Waals surface area contributed by atoms with Crippen molar-refractivity contribution in [3.63, 3.8) is 0 Å². The van der Waals surface area contributed by atoms with Gasteiger partial charge in [-0.25, -0.2) is 0 Å². The first-order valence-corrected chi connectivity index (χ1v) is 8.94. The van der Waals surface area contributed by atoms with Crippen LogP contribution in [0.3, 0.4) is 0 Å². The van der Waals surface area contributed by atoms with Crippen LogP contribution in [0.2, 0.25) is 0 Å². The molecular formula is C19H26N2O2. The van der Waals surface area contributed by atoms with Gasteiger partial charge in [-0.05, 0) is 49.9 Å². The number of rotatable bonds is 5. The zero-order valence-corrected chi connectivity index (χ0v) is 13.6. The van der Waals surface area contributed by atoms with Gasteiger partial charge >= 0.3 is 0 Å². The van der Waals surface area contributed by atoms with E-state index >= 15 is 0 Å². The molecule has 1 spiro atoms. The summed E-state index contributed by atoms with van der Waals surface area (Å²) >= 11 is 0. The van der Waals surface area contributed by atoms with Crippen molar-refractivity contribution in [3.8, 4) is 0 Å². The second-order valence-electron chi connectivity index (χ2n) is 7.43. The highest BCUT2D eigenvalue weighted by Gasteiger charge is 2.64. The molecule has 0 bridgehead atoms. The van der Waals surface area contributed by atoms with Crippen LogP contribution in [-0.2, 0) is 11.2 Å². The lowest BCUT2D eigenvalue weighted by Gasteiger charge is -2.57. The van der Waals surface area contributed by atoms with Crippen molar-refractivity contribution < 1.29 is 9.53 Å². The molecule has 4 nitrogen and oxygen atoms in total. The van der Waals surface area contributed by atoms with Crippen LogP contribution in [0.15, 0.2) is 24.3 Å². The second-order valence-corrected chi connectivity index (χ2v) is 7.43. The van der Waals surface area contributed by atoms with Crippen LogP contribution in [0.5, 0.6) is 0 Å². The maximum Gasteiger partial charge on any atom is 0.248 e. The fraction of sp³-hybridized carbons (Fsp3) is 0.632. The Morgan fingerprint density at radius 3 is 2.96 bits per heavy atom. The molecule has 3 fully saturated rings. The summed E-state index contributed by atoms with van der Waals surface area (Å²) in [6.45, 7) is 1.90. The van der Waals surface area contributed by atoms with Crippen molar-refractivity contribution in [2.24, 2.45) is 17.1 Å². The van der Waals surface area contributed by atoms with Crippen LogP contribution in [0.25, 0.3) is 0 Å². The summed E-state index contributed by atoms with van der Waals surface area (Å²) in [6.07, 6.45) is 8.01. The van der Waals surface area contributed by atoms with Crippen LogP contribution in [0.4, 0.5) is 0 Å². The molecule has 4 heteroatoms. The number of nitrogens with one attached hydrogen (secondary N) is 1. The third kappa shape index (κ3) is 2.48. The molecule has 0 aromatic heterocycles. The normalized spacial score (nSPS) is 31.0. The maximum absolute atomic E-state index is 11.3. The molecule has 1 saturated heterocycles. The summed E-state index contributed by atoms with van der Waals surface area (Å²) < 4.78 is 6.04. The van der Waals surface area contributed by atoms with E-state index in [-0.39, 0.29) is 5.91 Å². The number of hydrogen-bond acceptors (Lipinski definition) is 3. The van der Waals surface area contributed by atoms with E-state index in [1.807, 2.05) is 12.1 Å². The highest BCUT2D eigenvalue weighted by atomic mass is 16.5. The molecule has 1 aromatic rings. The predicted octanol–water partition coefficient (Wildman–Crippen LogP) is 2.27. The minimum Gasteiger partial charge on any atom is -0.377 e. The Morgan fingerprint density at radius 2 is 2.17 bits per heavy atom. The van der Waals surface area contributed by atoms with Gasteiger partial charge in [-0.2, -0.15) is 0 Å². The predicted molar refractivity (Wildman–Crippen MR) is 89.2 cm³/mol. The summed E-state index contributed by atoms with van der Waals surface area (Å²) in [6, 6.07) is 8.30. The van der Waals surface area contributed by atoms with Gasteiger partial charge in [-0.3, -0.25) is 4.79 Å². The minimum atomic E-state index is -0.352. The maximum atomic E-state index is 11.3. The van der Waals surface area contributed by atoms with Crippen molar-refractivity contribution >= 4 is 5.91 Å². The molecule has 3 N–H and O–H groups in total. The van der Waals surface area contributed by atoms with Crippen LogP contribution in [0.1, 0.15) is 48.0 Å². The van der Waals surface area contributed by atoms with Crippen molar-refractivity contribution in [2.45, 2.75) is 50.7 Å². The number of primary amides is 1. The van der Waals surface area contributed by atoms with Gasteiger partial charge in [-0.1, -0.05) is 25.0 Å².